The van der Waals surface area contributed by atoms with Gasteiger partial charge in [-0.3, -0.25) is 0 Å². The summed E-state index contributed by atoms with van der Waals surface area (Å²) in [6, 6.07) is 4.16. The lowest BCUT2D eigenvalue weighted by Gasteiger charge is -1.99. The van der Waals surface area contributed by atoms with E-state index >= 15 is 0 Å². The summed E-state index contributed by atoms with van der Waals surface area (Å²) in [6.45, 7) is 2.12. The maximum Gasteiger partial charge on any atom is 0.159 e. The average Bonchev–Trinajstić information content (AvgIpc) is 2.16. The van der Waals surface area contributed by atoms with Gasteiger partial charge < -0.3 is 0 Å². The molecule has 66 valence electrons. The minimum atomic E-state index is 0.806. The fourth-order valence-corrected chi connectivity index (χ4v) is 1.59. The van der Waals surface area contributed by atoms with E-state index in [1.807, 2.05) is 12.3 Å². The van der Waals surface area contributed by atoms with E-state index in [2.05, 4.69) is 38.9 Å². The van der Waals surface area contributed by atoms with E-state index < -0.39 is 0 Å². The van der Waals surface area contributed by atoms with Gasteiger partial charge in [-0.2, -0.15) is 0 Å². The summed E-state index contributed by atoms with van der Waals surface area (Å²) < 4.78 is 0.995. The summed E-state index contributed by atoms with van der Waals surface area (Å²) in [7, 11) is 0. The van der Waals surface area contributed by atoms with Gasteiger partial charge in [0, 0.05) is 22.3 Å². The van der Waals surface area contributed by atoms with Gasteiger partial charge >= 0.3 is 0 Å². The zero-order chi connectivity index (χ0) is 9.26. The van der Waals surface area contributed by atoms with Crippen LogP contribution in [0.1, 0.15) is 12.5 Å². The number of hydrogen-bond donors (Lipinski definition) is 0. The summed E-state index contributed by atoms with van der Waals surface area (Å²) in [4.78, 5) is 8.46. The Kier molecular flexibility index (Phi) is 2.27. The summed E-state index contributed by atoms with van der Waals surface area (Å²) >= 11 is 3.39. The quantitative estimate of drug-likeness (QED) is 0.761. The highest BCUT2D eigenvalue weighted by atomic mass is 79.9. The van der Waals surface area contributed by atoms with Gasteiger partial charge in [-0.1, -0.05) is 6.92 Å². The molecule has 2 nitrogen and oxygen atoms in total. The highest BCUT2D eigenvalue weighted by molar-refractivity contribution is 9.10. The minimum absolute atomic E-state index is 0.806. The molecule has 2 aromatic heterocycles. The average molecular weight is 237 g/mol. The number of pyridine rings is 2. The number of halogens is 1. The molecule has 0 aliphatic rings. The van der Waals surface area contributed by atoms with E-state index in [9.17, 15) is 0 Å². The molecule has 0 spiro atoms. The largest absolute Gasteiger partial charge is 0.236 e. The van der Waals surface area contributed by atoms with Crippen LogP contribution in [0.4, 0.5) is 0 Å². The summed E-state index contributed by atoms with van der Waals surface area (Å²) in [6.07, 6.45) is 4.65. The van der Waals surface area contributed by atoms with Crippen molar-refractivity contribution in [1.29, 1.82) is 0 Å². The van der Waals surface area contributed by atoms with Crippen LogP contribution in [-0.4, -0.2) is 9.97 Å². The molecule has 0 radical (unpaired) electrons. The lowest BCUT2D eigenvalue weighted by molar-refractivity contribution is 1.11. The lowest BCUT2D eigenvalue weighted by Crippen LogP contribution is -1.87. The van der Waals surface area contributed by atoms with Crippen LogP contribution < -0.4 is 0 Å². The van der Waals surface area contributed by atoms with Crippen LogP contribution >= 0.6 is 15.9 Å². The Bertz CT molecular complexity index is 440. The molecule has 0 atom stereocenters. The molecule has 13 heavy (non-hydrogen) atoms. The molecule has 0 saturated carbocycles. The maximum absolute atomic E-state index is 4.26. The van der Waals surface area contributed by atoms with Crippen LogP contribution in [0.25, 0.3) is 11.0 Å². The Labute approximate surface area is 85.1 Å². The number of aromatic nitrogens is 2. The third-order valence-electron chi connectivity index (χ3n) is 1.96. The molecule has 0 aromatic carbocycles. The Morgan fingerprint density at radius 1 is 1.23 bits per heavy atom. The first-order chi connectivity index (χ1) is 6.29. The monoisotopic (exact) mass is 236 g/mol. The fraction of sp³-hybridized carbons (Fsp3) is 0.200. The first-order valence-corrected chi connectivity index (χ1v) is 4.99. The smallest absolute Gasteiger partial charge is 0.159 e. The second kappa shape index (κ2) is 3.42. The Balaban J connectivity index is 2.68. The minimum Gasteiger partial charge on any atom is -0.236 e. The van der Waals surface area contributed by atoms with Gasteiger partial charge in [-0.25, -0.2) is 9.97 Å². The standard InChI is InChI=1S/C10H9BrN2/c1-2-7-3-8-4-9(11)6-13-10(8)12-5-7/h3-6H,2H2,1H3. The van der Waals surface area contributed by atoms with Crippen molar-refractivity contribution in [2.24, 2.45) is 0 Å². The van der Waals surface area contributed by atoms with E-state index in [0.29, 0.717) is 0 Å². The van der Waals surface area contributed by atoms with Crippen LogP contribution in [0, 0.1) is 0 Å². The van der Waals surface area contributed by atoms with Gasteiger partial charge in [0.1, 0.15) is 0 Å². The summed E-state index contributed by atoms with van der Waals surface area (Å²) in [5.74, 6) is 0. The second-order valence-corrected chi connectivity index (χ2v) is 3.81. The molecule has 3 heteroatoms. The number of hydrogen-bond acceptors (Lipinski definition) is 2. The predicted octanol–water partition coefficient (Wildman–Crippen LogP) is 2.95. The van der Waals surface area contributed by atoms with Gasteiger partial charge in [0.25, 0.3) is 0 Å². The molecule has 2 aromatic rings. The van der Waals surface area contributed by atoms with Crippen LogP contribution in [0.3, 0.4) is 0 Å². The molecular formula is C10H9BrN2. The van der Waals surface area contributed by atoms with Gasteiger partial charge in [0.15, 0.2) is 5.65 Å². The number of fused-ring (bicyclic) bond motifs is 1. The van der Waals surface area contributed by atoms with Gasteiger partial charge in [0.2, 0.25) is 0 Å². The van der Waals surface area contributed by atoms with E-state index in [0.717, 1.165) is 21.9 Å². The zero-order valence-electron chi connectivity index (χ0n) is 7.29. The second-order valence-electron chi connectivity index (χ2n) is 2.90. The summed E-state index contributed by atoms with van der Waals surface area (Å²) in [5, 5.41) is 1.09. The molecule has 2 heterocycles. The van der Waals surface area contributed by atoms with Crippen molar-refractivity contribution in [3.8, 4) is 0 Å². The molecule has 0 aliphatic carbocycles. The molecule has 0 bridgehead atoms. The van der Waals surface area contributed by atoms with E-state index in [-0.39, 0.29) is 0 Å². The third kappa shape index (κ3) is 1.70. The fourth-order valence-electron chi connectivity index (χ4n) is 1.24. The van der Waals surface area contributed by atoms with Gasteiger partial charge in [-0.05, 0) is 40.0 Å². The third-order valence-corrected chi connectivity index (χ3v) is 2.40. The highest BCUT2D eigenvalue weighted by Gasteiger charge is 1.97. The van der Waals surface area contributed by atoms with Crippen LogP contribution in [0.2, 0.25) is 0 Å². The summed E-state index contributed by atoms with van der Waals surface area (Å²) in [5.41, 5.74) is 2.05. The van der Waals surface area contributed by atoms with E-state index in [4.69, 9.17) is 0 Å². The van der Waals surface area contributed by atoms with Crippen molar-refractivity contribution < 1.29 is 0 Å². The van der Waals surface area contributed by atoms with Crippen LogP contribution in [0.5, 0.6) is 0 Å². The Hall–Kier alpha value is -0.960. The lowest BCUT2D eigenvalue weighted by atomic mass is 10.2. The normalized spacial score (nSPS) is 10.6. The van der Waals surface area contributed by atoms with Crippen molar-refractivity contribution in [3.63, 3.8) is 0 Å². The SMILES string of the molecule is CCc1cnc2ncc(Br)cc2c1. The van der Waals surface area contributed by atoms with Gasteiger partial charge in [-0.15, -0.1) is 0 Å². The molecule has 0 aliphatic heterocycles. The molecule has 0 saturated heterocycles. The molecule has 0 amide bonds. The van der Waals surface area contributed by atoms with Crippen LogP contribution in [0.15, 0.2) is 29.0 Å². The number of aryl methyl sites for hydroxylation is 1. The number of nitrogens with zero attached hydrogens (tertiary/aromatic N) is 2. The molecule has 2 rings (SSSR count). The molecule has 0 unspecified atom stereocenters. The van der Waals surface area contributed by atoms with Gasteiger partial charge in [0.05, 0.1) is 0 Å². The van der Waals surface area contributed by atoms with E-state index in [1.165, 1.54) is 5.56 Å². The molecule has 0 fully saturated rings. The molecule has 0 N–H and O–H groups in total. The first kappa shape index (κ1) is 8.63. The van der Waals surface area contributed by atoms with Crippen molar-refractivity contribution in [1.82, 2.24) is 9.97 Å². The van der Waals surface area contributed by atoms with Crippen molar-refractivity contribution in [2.75, 3.05) is 0 Å². The highest BCUT2D eigenvalue weighted by Crippen LogP contribution is 2.16. The Morgan fingerprint density at radius 3 is 2.77 bits per heavy atom. The number of rotatable bonds is 1. The Morgan fingerprint density at radius 2 is 2.00 bits per heavy atom. The zero-order valence-corrected chi connectivity index (χ0v) is 8.87. The predicted molar refractivity (Wildman–Crippen MR) is 56.6 cm³/mol. The van der Waals surface area contributed by atoms with Crippen molar-refractivity contribution in [3.05, 3.63) is 34.6 Å². The van der Waals surface area contributed by atoms with Crippen molar-refractivity contribution >= 4 is 27.0 Å². The van der Waals surface area contributed by atoms with Crippen molar-refractivity contribution in [2.45, 2.75) is 13.3 Å². The molecular weight excluding hydrogens is 228 g/mol. The topological polar surface area (TPSA) is 25.8 Å². The first-order valence-electron chi connectivity index (χ1n) is 4.20. The maximum atomic E-state index is 4.26. The van der Waals surface area contributed by atoms with Crippen LogP contribution in [-0.2, 0) is 6.42 Å². The van der Waals surface area contributed by atoms with E-state index in [1.54, 1.807) is 6.20 Å².